The fraction of sp³-hybridized carbons (Fsp3) is 0.0625. The molecule has 0 unspecified atom stereocenters. The van der Waals surface area contributed by atoms with Crippen LogP contribution in [0.15, 0.2) is 103 Å². The van der Waals surface area contributed by atoms with Gasteiger partial charge in [-0.1, -0.05) is 54.6 Å². The van der Waals surface area contributed by atoms with Gasteiger partial charge in [0, 0.05) is 33.3 Å². The molecule has 1 aromatic heterocycles. The molecule has 166 valence electrons. The first-order chi connectivity index (χ1) is 17.2. The summed E-state index contributed by atoms with van der Waals surface area (Å²) in [6, 6.07) is 36.4. The Hall–Kier alpha value is -4.50. The van der Waals surface area contributed by atoms with Crippen molar-refractivity contribution >= 4 is 38.9 Å². The average Bonchev–Trinajstić information content (AvgIpc) is 3.20. The van der Waals surface area contributed by atoms with Crippen LogP contribution in [0.4, 0.5) is 17.1 Å². The van der Waals surface area contributed by atoms with Crippen LogP contribution in [0.1, 0.15) is 11.1 Å². The van der Waals surface area contributed by atoms with Gasteiger partial charge >= 0.3 is 0 Å². The number of aryl methyl sites for hydroxylation is 2. The number of hydrogen-bond acceptors (Lipinski definition) is 3. The highest BCUT2D eigenvalue weighted by molar-refractivity contribution is 6.18. The summed E-state index contributed by atoms with van der Waals surface area (Å²) in [5.74, 6) is 0. The van der Waals surface area contributed by atoms with Gasteiger partial charge in [0.15, 0.2) is 0 Å². The van der Waals surface area contributed by atoms with E-state index in [9.17, 15) is 0 Å². The van der Waals surface area contributed by atoms with E-state index in [-0.39, 0.29) is 0 Å². The molecule has 0 saturated carbocycles. The first kappa shape index (κ1) is 19.9. The first-order valence-electron chi connectivity index (χ1n) is 11.9. The lowest BCUT2D eigenvalue weighted by molar-refractivity contribution is 1.28. The van der Waals surface area contributed by atoms with E-state index in [2.05, 4.69) is 122 Å². The number of hydrogen-bond donors (Lipinski definition) is 0. The number of rotatable bonds is 3. The Kier molecular flexibility index (Phi) is 4.27. The highest BCUT2D eigenvalue weighted by Crippen LogP contribution is 2.50. The lowest BCUT2D eigenvalue weighted by atomic mass is 10.0. The second-order valence-electron chi connectivity index (χ2n) is 9.21. The standard InChI is InChI=1S/C32H23N3/c1-20-18-27-28(19-21(20)2)34-32-26-16-17-29(24-14-9-15-25(30(24)26)31(32)33-27)35(22-10-5-3-6-11-22)23-12-7-4-8-13-23/h3-19H,1-2H3. The van der Waals surface area contributed by atoms with Crippen LogP contribution < -0.4 is 4.90 Å². The van der Waals surface area contributed by atoms with Crippen LogP contribution in [0, 0.1) is 13.8 Å². The van der Waals surface area contributed by atoms with E-state index in [0.29, 0.717) is 0 Å². The molecule has 6 aromatic rings. The van der Waals surface area contributed by atoms with Crippen molar-refractivity contribution in [2.24, 2.45) is 0 Å². The summed E-state index contributed by atoms with van der Waals surface area (Å²) in [4.78, 5) is 12.6. The minimum Gasteiger partial charge on any atom is -0.310 e. The summed E-state index contributed by atoms with van der Waals surface area (Å²) in [5, 5.41) is 2.42. The summed E-state index contributed by atoms with van der Waals surface area (Å²) in [6.07, 6.45) is 0. The Morgan fingerprint density at radius 1 is 0.543 bits per heavy atom. The molecular formula is C32H23N3. The zero-order valence-electron chi connectivity index (χ0n) is 19.7. The van der Waals surface area contributed by atoms with Gasteiger partial charge in [-0.15, -0.1) is 0 Å². The number of aromatic nitrogens is 2. The first-order valence-corrected chi connectivity index (χ1v) is 11.9. The second-order valence-corrected chi connectivity index (χ2v) is 9.21. The van der Waals surface area contributed by atoms with Crippen molar-refractivity contribution in [3.63, 3.8) is 0 Å². The quantitative estimate of drug-likeness (QED) is 0.271. The predicted octanol–water partition coefficient (Wildman–Crippen LogP) is 8.52. The van der Waals surface area contributed by atoms with Crippen molar-refractivity contribution in [2.45, 2.75) is 13.8 Å². The molecule has 5 aromatic carbocycles. The molecule has 0 amide bonds. The van der Waals surface area contributed by atoms with Crippen LogP contribution in [-0.4, -0.2) is 9.97 Å². The molecule has 7 rings (SSSR count). The van der Waals surface area contributed by atoms with Gasteiger partial charge in [-0.2, -0.15) is 0 Å². The van der Waals surface area contributed by atoms with Gasteiger partial charge < -0.3 is 4.90 Å². The number of nitrogens with zero attached hydrogens (tertiary/aromatic N) is 3. The third-order valence-electron chi connectivity index (χ3n) is 7.08. The van der Waals surface area contributed by atoms with Crippen molar-refractivity contribution in [2.75, 3.05) is 4.90 Å². The SMILES string of the molecule is Cc1cc2nc3c(nc2cc1C)-c1ccc(N(c2ccccc2)c2ccccc2)c2cccc-3c12. The molecule has 3 nitrogen and oxygen atoms in total. The molecule has 3 heteroatoms. The van der Waals surface area contributed by atoms with Crippen molar-refractivity contribution in [1.82, 2.24) is 9.97 Å². The number of anilines is 3. The van der Waals surface area contributed by atoms with Crippen molar-refractivity contribution in [1.29, 1.82) is 0 Å². The zero-order valence-corrected chi connectivity index (χ0v) is 19.7. The van der Waals surface area contributed by atoms with E-state index in [1.165, 1.54) is 21.9 Å². The molecule has 0 spiro atoms. The van der Waals surface area contributed by atoms with Crippen molar-refractivity contribution < 1.29 is 0 Å². The van der Waals surface area contributed by atoms with Crippen LogP contribution in [-0.2, 0) is 0 Å². The highest BCUT2D eigenvalue weighted by atomic mass is 15.1. The minimum absolute atomic E-state index is 0.951. The van der Waals surface area contributed by atoms with Crippen LogP contribution >= 0.6 is 0 Å². The summed E-state index contributed by atoms with van der Waals surface area (Å²) in [5.41, 5.74) is 12.0. The van der Waals surface area contributed by atoms with Crippen LogP contribution in [0.2, 0.25) is 0 Å². The maximum Gasteiger partial charge on any atom is 0.0979 e. The smallest absolute Gasteiger partial charge is 0.0979 e. The molecule has 0 saturated heterocycles. The van der Waals surface area contributed by atoms with E-state index >= 15 is 0 Å². The molecule has 1 heterocycles. The van der Waals surface area contributed by atoms with Gasteiger partial charge in [-0.25, -0.2) is 9.97 Å². The van der Waals surface area contributed by atoms with E-state index in [0.717, 1.165) is 50.6 Å². The van der Waals surface area contributed by atoms with Gasteiger partial charge in [-0.05, 0) is 73.5 Å². The maximum absolute atomic E-state index is 5.11. The van der Waals surface area contributed by atoms with Crippen LogP contribution in [0.5, 0.6) is 0 Å². The second kappa shape index (κ2) is 7.51. The molecule has 0 atom stereocenters. The van der Waals surface area contributed by atoms with Crippen molar-refractivity contribution in [3.8, 4) is 22.5 Å². The fourth-order valence-corrected chi connectivity index (χ4v) is 5.25. The molecule has 0 aliphatic heterocycles. The van der Waals surface area contributed by atoms with Gasteiger partial charge in [0.2, 0.25) is 0 Å². The van der Waals surface area contributed by atoms with Gasteiger partial charge in [-0.3, -0.25) is 0 Å². The molecule has 1 aliphatic carbocycles. The Morgan fingerprint density at radius 2 is 1.09 bits per heavy atom. The summed E-state index contributed by atoms with van der Waals surface area (Å²) >= 11 is 0. The molecule has 0 N–H and O–H groups in total. The van der Waals surface area contributed by atoms with Crippen LogP contribution in [0.3, 0.4) is 0 Å². The number of benzene rings is 5. The molecule has 0 bridgehead atoms. The van der Waals surface area contributed by atoms with E-state index in [4.69, 9.17) is 9.97 Å². The summed E-state index contributed by atoms with van der Waals surface area (Å²) in [6.45, 7) is 4.26. The molecule has 1 aliphatic rings. The lowest BCUT2D eigenvalue weighted by Crippen LogP contribution is -2.10. The maximum atomic E-state index is 5.11. The normalized spacial score (nSPS) is 11.7. The van der Waals surface area contributed by atoms with E-state index in [1.807, 2.05) is 0 Å². The largest absolute Gasteiger partial charge is 0.310 e. The number of fused-ring (bicyclic) bond motifs is 4. The van der Waals surface area contributed by atoms with Gasteiger partial charge in [0.1, 0.15) is 0 Å². The van der Waals surface area contributed by atoms with E-state index < -0.39 is 0 Å². The fourth-order valence-electron chi connectivity index (χ4n) is 5.25. The summed E-state index contributed by atoms with van der Waals surface area (Å²) < 4.78 is 0. The monoisotopic (exact) mass is 449 g/mol. The Balaban J connectivity index is 1.51. The lowest BCUT2D eigenvalue weighted by Gasteiger charge is -2.27. The Morgan fingerprint density at radius 3 is 1.66 bits per heavy atom. The van der Waals surface area contributed by atoms with Gasteiger partial charge in [0.05, 0.1) is 28.1 Å². The Bertz CT molecular complexity index is 1660. The minimum atomic E-state index is 0.951. The molecular weight excluding hydrogens is 426 g/mol. The number of para-hydroxylation sites is 2. The van der Waals surface area contributed by atoms with Crippen LogP contribution in [0.25, 0.3) is 44.3 Å². The molecule has 35 heavy (non-hydrogen) atoms. The van der Waals surface area contributed by atoms with E-state index in [1.54, 1.807) is 0 Å². The Labute approximate surface area is 204 Å². The van der Waals surface area contributed by atoms with Crippen molar-refractivity contribution in [3.05, 3.63) is 114 Å². The summed E-state index contributed by atoms with van der Waals surface area (Å²) in [7, 11) is 0. The molecule has 0 fully saturated rings. The average molecular weight is 450 g/mol. The third-order valence-corrected chi connectivity index (χ3v) is 7.08. The topological polar surface area (TPSA) is 29.0 Å². The molecule has 0 radical (unpaired) electrons. The third kappa shape index (κ3) is 2.98. The predicted molar refractivity (Wildman–Crippen MR) is 146 cm³/mol. The van der Waals surface area contributed by atoms with Gasteiger partial charge in [0.25, 0.3) is 0 Å². The highest BCUT2D eigenvalue weighted by Gasteiger charge is 2.27. The zero-order chi connectivity index (χ0) is 23.5.